The Morgan fingerprint density at radius 2 is 1.61 bits per heavy atom. The fourth-order valence-corrected chi connectivity index (χ4v) is 7.31. The maximum atomic E-state index is 14.7. The first-order valence-electron chi connectivity index (χ1n) is 13.1. The molecular weight excluding hydrogens is 562 g/mol. The SMILES string of the molecule is O=C(c1ccc(Cl)cc1Cl)[C@@H]1[C@H](C(=O)c2ccc(F)cc2)[C@]2(C(=O)Nc3ccccc32)[C@@H]2c3ccccc3C=CN12. The number of carbonyl (C=O) groups is 3. The van der Waals surface area contributed by atoms with Crippen LogP contribution in [-0.2, 0) is 10.2 Å². The number of halogens is 3. The molecule has 0 aliphatic carbocycles. The number of carbonyl (C=O) groups excluding carboxylic acids is 3. The average molecular weight is 583 g/mol. The highest BCUT2D eigenvalue weighted by molar-refractivity contribution is 6.37. The van der Waals surface area contributed by atoms with E-state index in [2.05, 4.69) is 5.32 Å². The van der Waals surface area contributed by atoms with Crippen LogP contribution in [0.4, 0.5) is 10.1 Å². The molecule has 1 amide bonds. The first kappa shape index (κ1) is 25.7. The average Bonchev–Trinajstić information content (AvgIpc) is 3.45. The molecule has 4 aromatic rings. The number of hydrogen-bond donors (Lipinski definition) is 1. The Bertz CT molecular complexity index is 1800. The first-order chi connectivity index (χ1) is 19.8. The molecule has 1 N–H and O–H groups in total. The van der Waals surface area contributed by atoms with E-state index in [1.807, 2.05) is 53.4 Å². The Morgan fingerprint density at radius 3 is 2.39 bits per heavy atom. The van der Waals surface area contributed by atoms with Gasteiger partial charge in [0.2, 0.25) is 5.91 Å². The van der Waals surface area contributed by atoms with Gasteiger partial charge in [-0.2, -0.15) is 0 Å². The molecule has 41 heavy (non-hydrogen) atoms. The monoisotopic (exact) mass is 582 g/mol. The molecule has 1 spiro atoms. The number of benzene rings is 4. The van der Waals surface area contributed by atoms with Crippen molar-refractivity contribution in [2.24, 2.45) is 5.92 Å². The molecule has 0 unspecified atom stereocenters. The highest BCUT2D eigenvalue weighted by Crippen LogP contribution is 2.62. The van der Waals surface area contributed by atoms with Crippen molar-refractivity contribution >= 4 is 52.4 Å². The summed E-state index contributed by atoms with van der Waals surface area (Å²) in [6.07, 6.45) is 3.67. The van der Waals surface area contributed by atoms with Crippen molar-refractivity contribution in [1.29, 1.82) is 0 Å². The van der Waals surface area contributed by atoms with Crippen LogP contribution in [0.5, 0.6) is 0 Å². The minimum atomic E-state index is -1.48. The van der Waals surface area contributed by atoms with Crippen molar-refractivity contribution in [3.8, 4) is 0 Å². The largest absolute Gasteiger partial charge is 0.358 e. The lowest BCUT2D eigenvalue weighted by Gasteiger charge is -2.38. The number of para-hydroxylation sites is 1. The third-order valence-corrected chi connectivity index (χ3v) is 8.99. The molecule has 4 aromatic carbocycles. The van der Waals surface area contributed by atoms with E-state index in [0.29, 0.717) is 16.3 Å². The molecule has 3 aliphatic rings. The number of nitrogens with zero attached hydrogens (tertiary/aromatic N) is 1. The minimum absolute atomic E-state index is 0.144. The van der Waals surface area contributed by atoms with Gasteiger partial charge in [-0.05, 0) is 71.3 Å². The van der Waals surface area contributed by atoms with E-state index in [-0.39, 0.29) is 22.1 Å². The lowest BCUT2D eigenvalue weighted by atomic mass is 9.62. The second kappa shape index (κ2) is 9.40. The van der Waals surface area contributed by atoms with Crippen molar-refractivity contribution in [2.75, 3.05) is 5.32 Å². The first-order valence-corrected chi connectivity index (χ1v) is 13.8. The number of fused-ring (bicyclic) bond motifs is 6. The van der Waals surface area contributed by atoms with Gasteiger partial charge in [0, 0.05) is 28.0 Å². The van der Waals surface area contributed by atoms with Crippen LogP contribution in [-0.4, -0.2) is 28.4 Å². The lowest BCUT2D eigenvalue weighted by molar-refractivity contribution is -0.122. The van der Waals surface area contributed by atoms with Crippen molar-refractivity contribution in [3.63, 3.8) is 0 Å². The number of rotatable bonds is 4. The van der Waals surface area contributed by atoms with E-state index >= 15 is 0 Å². The summed E-state index contributed by atoms with van der Waals surface area (Å²) >= 11 is 12.7. The molecule has 3 heterocycles. The normalized spacial score (nSPS) is 23.6. The minimum Gasteiger partial charge on any atom is -0.358 e. The fraction of sp³-hybridized carbons (Fsp3) is 0.121. The maximum Gasteiger partial charge on any atom is 0.238 e. The zero-order valence-electron chi connectivity index (χ0n) is 21.4. The summed E-state index contributed by atoms with van der Waals surface area (Å²) < 4.78 is 13.9. The van der Waals surface area contributed by atoms with Crippen LogP contribution in [0.3, 0.4) is 0 Å². The lowest BCUT2D eigenvalue weighted by Crippen LogP contribution is -2.49. The molecule has 3 aliphatic heterocycles. The third-order valence-electron chi connectivity index (χ3n) is 8.45. The number of nitrogens with one attached hydrogen (secondary N) is 1. The molecular formula is C33H21Cl2FN2O3. The van der Waals surface area contributed by atoms with Gasteiger partial charge < -0.3 is 10.2 Å². The van der Waals surface area contributed by atoms with Crippen LogP contribution < -0.4 is 5.32 Å². The number of amides is 1. The van der Waals surface area contributed by atoms with Crippen molar-refractivity contribution in [3.05, 3.63) is 141 Å². The van der Waals surface area contributed by atoms with Gasteiger partial charge in [-0.25, -0.2) is 4.39 Å². The van der Waals surface area contributed by atoms with Crippen molar-refractivity contribution in [2.45, 2.75) is 17.5 Å². The summed E-state index contributed by atoms with van der Waals surface area (Å²) in [5.74, 6) is -2.93. The van der Waals surface area contributed by atoms with Gasteiger partial charge in [-0.15, -0.1) is 0 Å². The van der Waals surface area contributed by atoms with Crippen molar-refractivity contribution < 1.29 is 18.8 Å². The summed E-state index contributed by atoms with van der Waals surface area (Å²) in [6.45, 7) is 0. The van der Waals surface area contributed by atoms with E-state index in [1.165, 1.54) is 36.4 Å². The van der Waals surface area contributed by atoms with Crippen molar-refractivity contribution in [1.82, 2.24) is 4.90 Å². The van der Waals surface area contributed by atoms with E-state index in [4.69, 9.17) is 23.2 Å². The number of Topliss-reactive ketones (excluding diaryl/α,β-unsaturated/α-hetero) is 2. The highest BCUT2D eigenvalue weighted by Gasteiger charge is 2.70. The van der Waals surface area contributed by atoms with E-state index in [0.717, 1.165) is 11.1 Å². The predicted octanol–water partition coefficient (Wildman–Crippen LogP) is 7.11. The van der Waals surface area contributed by atoms with Gasteiger partial charge in [0.15, 0.2) is 11.6 Å². The molecule has 4 atom stereocenters. The quantitative estimate of drug-likeness (QED) is 0.260. The zero-order chi connectivity index (χ0) is 28.5. The molecule has 5 nitrogen and oxygen atoms in total. The standard InChI is InChI=1S/C33H21Cl2FN2O3/c34-20-11-14-23(25(35)17-20)30(40)28-27(29(39)19-9-12-21(36)13-10-19)33(24-7-3-4-8-26(24)37-32(33)41)31-22-6-2-1-5-18(22)15-16-38(28)31/h1-17,27-28,31H,(H,37,41)/t27-,28+,31+,33+/m1/s1. The van der Waals surface area contributed by atoms with Crippen LogP contribution in [0.15, 0.2) is 97.2 Å². The second-order valence-corrected chi connectivity index (χ2v) is 11.3. The number of hydrogen-bond acceptors (Lipinski definition) is 4. The van der Waals surface area contributed by atoms with E-state index in [1.54, 1.807) is 18.3 Å². The van der Waals surface area contributed by atoms with Crippen LogP contribution in [0.1, 0.15) is 43.4 Å². The summed E-state index contributed by atoms with van der Waals surface area (Å²) in [7, 11) is 0. The summed E-state index contributed by atoms with van der Waals surface area (Å²) in [5.41, 5.74) is 1.81. The molecule has 0 saturated carbocycles. The van der Waals surface area contributed by atoms with Gasteiger partial charge in [0.1, 0.15) is 17.3 Å². The smallest absolute Gasteiger partial charge is 0.238 e. The summed E-state index contributed by atoms with van der Waals surface area (Å²) in [4.78, 5) is 45.4. The predicted molar refractivity (Wildman–Crippen MR) is 156 cm³/mol. The topological polar surface area (TPSA) is 66.5 Å². The summed E-state index contributed by atoms with van der Waals surface area (Å²) in [5, 5.41) is 3.51. The van der Waals surface area contributed by atoms with Gasteiger partial charge >= 0.3 is 0 Å². The van der Waals surface area contributed by atoms with Gasteiger partial charge in [0.05, 0.1) is 17.0 Å². The van der Waals surface area contributed by atoms with Crippen LogP contribution >= 0.6 is 23.2 Å². The van der Waals surface area contributed by atoms with Crippen LogP contribution in [0.25, 0.3) is 6.08 Å². The molecule has 1 saturated heterocycles. The Labute approximate surface area is 245 Å². The highest BCUT2D eigenvalue weighted by atomic mass is 35.5. The molecule has 202 valence electrons. The molecule has 1 fully saturated rings. The fourth-order valence-electron chi connectivity index (χ4n) is 6.81. The molecule has 0 radical (unpaired) electrons. The van der Waals surface area contributed by atoms with Gasteiger partial charge in [-0.3, -0.25) is 14.4 Å². The zero-order valence-corrected chi connectivity index (χ0v) is 22.9. The summed E-state index contributed by atoms with van der Waals surface area (Å²) in [6, 6.07) is 22.9. The van der Waals surface area contributed by atoms with Gasteiger partial charge in [0.25, 0.3) is 0 Å². The molecule has 0 aromatic heterocycles. The molecule has 8 heteroatoms. The van der Waals surface area contributed by atoms with E-state index in [9.17, 15) is 18.8 Å². The van der Waals surface area contributed by atoms with Crippen LogP contribution in [0.2, 0.25) is 10.0 Å². The number of anilines is 1. The Balaban J connectivity index is 1.54. The molecule has 0 bridgehead atoms. The third kappa shape index (κ3) is 3.64. The number of ketones is 2. The Hall–Kier alpha value is -4.26. The maximum absolute atomic E-state index is 14.7. The van der Waals surface area contributed by atoms with Crippen LogP contribution in [0, 0.1) is 11.7 Å². The second-order valence-electron chi connectivity index (χ2n) is 10.4. The Morgan fingerprint density at radius 1 is 0.878 bits per heavy atom. The molecule has 7 rings (SSSR count). The Kier molecular flexibility index (Phi) is 5.89. The van der Waals surface area contributed by atoms with E-state index < -0.39 is 40.8 Å². The van der Waals surface area contributed by atoms with Gasteiger partial charge in [-0.1, -0.05) is 65.7 Å².